The Balaban J connectivity index is 2.78. The lowest BCUT2D eigenvalue weighted by Gasteiger charge is -2.06. The van der Waals surface area contributed by atoms with Gasteiger partial charge in [-0.15, -0.1) is 0 Å². The molecule has 0 unspecified atom stereocenters. The number of aromatic nitrogens is 1. The van der Waals surface area contributed by atoms with E-state index in [1.165, 1.54) is 18.2 Å². The first kappa shape index (κ1) is 12.1. The van der Waals surface area contributed by atoms with Crippen molar-refractivity contribution in [3.05, 3.63) is 40.2 Å². The van der Waals surface area contributed by atoms with Crippen LogP contribution in [0.3, 0.4) is 0 Å². The van der Waals surface area contributed by atoms with Crippen LogP contribution in [0.1, 0.15) is 17.3 Å². The van der Waals surface area contributed by atoms with E-state index in [0.717, 1.165) is 0 Å². The molecule has 0 aliphatic heterocycles. The van der Waals surface area contributed by atoms with Crippen LogP contribution in [0.25, 0.3) is 10.9 Å². The summed E-state index contributed by atoms with van der Waals surface area (Å²) in [6.07, 6.45) is 0.711. The molecule has 0 saturated carbocycles. The number of para-hydroxylation sites is 1. The highest BCUT2D eigenvalue weighted by Gasteiger charge is 2.18. The summed E-state index contributed by atoms with van der Waals surface area (Å²) >= 11 is 0. The molecule has 1 N–H and O–H groups in total. The van der Waals surface area contributed by atoms with Crippen LogP contribution in [0.15, 0.2) is 29.2 Å². The van der Waals surface area contributed by atoms with Crippen molar-refractivity contribution < 1.29 is 19.1 Å². The lowest BCUT2D eigenvalue weighted by Crippen LogP contribution is -2.19. The molecular formula is C12H10FNO4. The van der Waals surface area contributed by atoms with Crippen LogP contribution in [0.5, 0.6) is 5.75 Å². The van der Waals surface area contributed by atoms with E-state index in [2.05, 4.69) is 4.74 Å². The Hall–Kier alpha value is -2.37. The molecule has 0 saturated heterocycles. The highest BCUT2D eigenvalue weighted by Crippen LogP contribution is 2.22. The first-order valence-corrected chi connectivity index (χ1v) is 5.27. The number of phenols is 1. The van der Waals surface area contributed by atoms with Crippen LogP contribution in [0.2, 0.25) is 0 Å². The number of hydrogen-bond donors (Lipinski definition) is 1. The third kappa shape index (κ3) is 1.81. The van der Waals surface area contributed by atoms with Crippen molar-refractivity contribution in [2.75, 3.05) is 6.61 Å². The van der Waals surface area contributed by atoms with Crippen LogP contribution in [-0.4, -0.2) is 22.5 Å². The lowest BCUT2D eigenvalue weighted by molar-refractivity contribution is 0.0523. The largest absolute Gasteiger partial charge is 0.506 e. The third-order valence-corrected chi connectivity index (χ3v) is 2.46. The summed E-state index contributed by atoms with van der Waals surface area (Å²) in [4.78, 5) is 23.5. The van der Waals surface area contributed by atoms with Crippen LogP contribution in [0, 0.1) is 0 Å². The molecule has 0 amide bonds. The minimum Gasteiger partial charge on any atom is -0.506 e. The van der Waals surface area contributed by atoms with E-state index < -0.39 is 17.0 Å². The summed E-state index contributed by atoms with van der Waals surface area (Å²) in [5.74, 6) is -1.26. The normalized spacial score (nSPS) is 10.6. The van der Waals surface area contributed by atoms with Crippen molar-refractivity contribution in [3.8, 4) is 5.75 Å². The number of esters is 1. The molecule has 5 nitrogen and oxygen atoms in total. The molecule has 0 fully saturated rings. The molecule has 0 aliphatic carbocycles. The number of hydrogen-bond acceptors (Lipinski definition) is 4. The molecule has 1 heterocycles. The van der Waals surface area contributed by atoms with Crippen LogP contribution >= 0.6 is 0 Å². The minimum absolute atomic E-state index is 0.0400. The number of phenolic OH excluding ortho intramolecular Hbond substituents is 1. The number of carbonyl (C=O) groups excluding carboxylic acids is 1. The third-order valence-electron chi connectivity index (χ3n) is 2.46. The topological polar surface area (TPSA) is 68.5 Å². The second-order valence-corrected chi connectivity index (χ2v) is 3.58. The van der Waals surface area contributed by atoms with E-state index in [4.69, 9.17) is 0 Å². The Morgan fingerprint density at radius 1 is 1.50 bits per heavy atom. The van der Waals surface area contributed by atoms with Gasteiger partial charge in [0.15, 0.2) is 0 Å². The number of carbonyl (C=O) groups is 1. The van der Waals surface area contributed by atoms with Gasteiger partial charge in [0.2, 0.25) is 5.43 Å². The second-order valence-electron chi connectivity index (χ2n) is 3.58. The van der Waals surface area contributed by atoms with Crippen molar-refractivity contribution in [1.29, 1.82) is 0 Å². The number of pyridine rings is 1. The predicted molar refractivity (Wildman–Crippen MR) is 62.3 cm³/mol. The molecule has 0 aliphatic rings. The van der Waals surface area contributed by atoms with Gasteiger partial charge in [-0.25, -0.2) is 4.79 Å². The van der Waals surface area contributed by atoms with Crippen molar-refractivity contribution in [3.63, 3.8) is 0 Å². The van der Waals surface area contributed by atoms with E-state index in [-0.39, 0.29) is 28.0 Å². The zero-order chi connectivity index (χ0) is 13.3. The number of benzene rings is 1. The van der Waals surface area contributed by atoms with E-state index in [0.29, 0.717) is 6.20 Å². The van der Waals surface area contributed by atoms with Gasteiger partial charge in [0.1, 0.15) is 16.8 Å². The number of aromatic hydroxyl groups is 1. The van der Waals surface area contributed by atoms with Gasteiger partial charge in [-0.3, -0.25) is 4.79 Å². The highest BCUT2D eigenvalue weighted by atomic mass is 19.2. The zero-order valence-electron chi connectivity index (χ0n) is 9.51. The molecule has 0 radical (unpaired) electrons. The number of fused-ring (bicyclic) bond motifs is 1. The van der Waals surface area contributed by atoms with Crippen molar-refractivity contribution in [2.45, 2.75) is 6.92 Å². The molecule has 1 aromatic carbocycles. The van der Waals surface area contributed by atoms with Gasteiger partial charge in [0, 0.05) is 0 Å². The van der Waals surface area contributed by atoms with Gasteiger partial charge in [-0.1, -0.05) is 10.5 Å². The number of nitrogens with zero attached hydrogens (tertiary/aromatic N) is 1. The summed E-state index contributed by atoms with van der Waals surface area (Å²) in [5, 5.41) is 9.41. The fraction of sp³-hybridized carbons (Fsp3) is 0.167. The van der Waals surface area contributed by atoms with Gasteiger partial charge in [0.05, 0.1) is 18.2 Å². The standard InChI is InChI=1S/C12H10FNO4/c1-2-18-12(17)8-6-14(13)10-7(11(8)16)4-3-5-9(10)15/h3-6,15H,2H2,1H3. The molecule has 2 aromatic rings. The Labute approximate surface area is 101 Å². The average Bonchev–Trinajstić information content (AvgIpc) is 2.33. The van der Waals surface area contributed by atoms with Crippen LogP contribution in [-0.2, 0) is 4.74 Å². The van der Waals surface area contributed by atoms with E-state index in [1.807, 2.05) is 0 Å². The Kier molecular flexibility index (Phi) is 3.01. The fourth-order valence-corrected chi connectivity index (χ4v) is 1.67. The summed E-state index contributed by atoms with van der Waals surface area (Å²) in [5.41, 5.74) is -1.35. The molecule has 0 spiro atoms. The predicted octanol–water partition coefficient (Wildman–Crippen LogP) is 1.62. The summed E-state index contributed by atoms with van der Waals surface area (Å²) in [6, 6.07) is 3.98. The summed E-state index contributed by atoms with van der Waals surface area (Å²) in [7, 11) is 0. The Morgan fingerprint density at radius 2 is 2.22 bits per heavy atom. The number of ether oxygens (including phenoxy) is 1. The van der Waals surface area contributed by atoms with Gasteiger partial charge in [0.25, 0.3) is 0 Å². The SMILES string of the molecule is CCOC(=O)c1cn(F)c2c(O)cccc2c1=O. The van der Waals surface area contributed by atoms with Crippen molar-refractivity contribution in [1.82, 2.24) is 4.79 Å². The minimum atomic E-state index is -0.890. The maximum Gasteiger partial charge on any atom is 0.343 e. The van der Waals surface area contributed by atoms with Crippen molar-refractivity contribution in [2.24, 2.45) is 0 Å². The quantitative estimate of drug-likeness (QED) is 0.823. The zero-order valence-corrected chi connectivity index (χ0v) is 9.51. The van der Waals surface area contributed by atoms with E-state index >= 15 is 0 Å². The lowest BCUT2D eigenvalue weighted by atomic mass is 10.1. The smallest absolute Gasteiger partial charge is 0.343 e. The van der Waals surface area contributed by atoms with Crippen LogP contribution in [0.4, 0.5) is 4.48 Å². The molecule has 2 rings (SSSR count). The van der Waals surface area contributed by atoms with E-state index in [9.17, 15) is 19.2 Å². The maximum atomic E-state index is 13.7. The van der Waals surface area contributed by atoms with Gasteiger partial charge in [-0.2, -0.15) is 4.79 Å². The van der Waals surface area contributed by atoms with Gasteiger partial charge >= 0.3 is 5.97 Å². The van der Waals surface area contributed by atoms with E-state index in [1.54, 1.807) is 6.92 Å². The first-order valence-electron chi connectivity index (χ1n) is 5.27. The number of halogens is 1. The molecule has 94 valence electrons. The average molecular weight is 251 g/mol. The molecule has 0 atom stereocenters. The second kappa shape index (κ2) is 4.48. The molecule has 1 aromatic heterocycles. The Bertz CT molecular complexity index is 678. The molecule has 0 bridgehead atoms. The molecular weight excluding hydrogens is 241 g/mol. The number of rotatable bonds is 2. The van der Waals surface area contributed by atoms with Gasteiger partial charge < -0.3 is 9.84 Å². The summed E-state index contributed by atoms with van der Waals surface area (Å²) < 4.78 is 18.4. The van der Waals surface area contributed by atoms with Crippen LogP contribution < -0.4 is 5.43 Å². The molecule has 6 heteroatoms. The highest BCUT2D eigenvalue weighted by molar-refractivity contribution is 5.95. The first-order chi connectivity index (χ1) is 8.56. The molecule has 18 heavy (non-hydrogen) atoms. The van der Waals surface area contributed by atoms with Crippen molar-refractivity contribution >= 4 is 16.9 Å². The summed E-state index contributed by atoms with van der Waals surface area (Å²) in [6.45, 7) is 1.67. The van der Waals surface area contributed by atoms with Gasteiger partial charge in [-0.05, 0) is 19.1 Å². The Morgan fingerprint density at radius 3 is 2.89 bits per heavy atom. The monoisotopic (exact) mass is 251 g/mol. The fourth-order valence-electron chi connectivity index (χ4n) is 1.67. The maximum absolute atomic E-state index is 13.7.